The Balaban J connectivity index is 2.39. The van der Waals surface area contributed by atoms with Gasteiger partial charge in [-0.05, 0) is 18.6 Å². The van der Waals surface area contributed by atoms with Crippen molar-refractivity contribution in [3.8, 4) is 11.5 Å². The smallest absolute Gasteiger partial charge is 0.161 e. The average molecular weight is 295 g/mol. The second-order valence-electron chi connectivity index (χ2n) is 5.53. The van der Waals surface area contributed by atoms with Gasteiger partial charge in [0.25, 0.3) is 0 Å². The molecule has 0 heterocycles. The summed E-state index contributed by atoms with van der Waals surface area (Å²) in [6, 6.07) is 7.97. The van der Waals surface area contributed by atoms with Crippen molar-refractivity contribution < 1.29 is 14.6 Å². The molecule has 0 aromatic heterocycles. The van der Waals surface area contributed by atoms with Gasteiger partial charge in [-0.25, -0.2) is 0 Å². The lowest BCUT2D eigenvalue weighted by Crippen LogP contribution is -2.35. The fraction of sp³-hybridized carbons (Fsp3) is 0.647. The highest BCUT2D eigenvalue weighted by Crippen LogP contribution is 2.26. The molecule has 0 fully saturated rings. The molecule has 0 aliphatic rings. The van der Waals surface area contributed by atoms with E-state index < -0.39 is 6.10 Å². The van der Waals surface area contributed by atoms with E-state index in [1.807, 2.05) is 38.1 Å². The number of hydrogen-bond donors (Lipinski definition) is 2. The van der Waals surface area contributed by atoms with Crippen LogP contribution in [0, 0.1) is 0 Å². The van der Waals surface area contributed by atoms with Gasteiger partial charge in [0.2, 0.25) is 0 Å². The van der Waals surface area contributed by atoms with Crippen molar-refractivity contribution in [1.82, 2.24) is 5.32 Å². The van der Waals surface area contributed by atoms with E-state index in [-0.39, 0.29) is 6.61 Å². The van der Waals surface area contributed by atoms with Gasteiger partial charge in [0.1, 0.15) is 12.7 Å². The van der Waals surface area contributed by atoms with Crippen LogP contribution in [0.3, 0.4) is 0 Å². The number of ether oxygens (including phenoxy) is 2. The Morgan fingerprint density at radius 2 is 1.76 bits per heavy atom. The molecule has 1 rings (SSSR count). The van der Waals surface area contributed by atoms with Gasteiger partial charge >= 0.3 is 0 Å². The van der Waals surface area contributed by atoms with E-state index in [2.05, 4.69) is 12.2 Å². The Labute approximate surface area is 128 Å². The SMILES string of the molecule is CCCCCOc1ccccc1OCC(O)CNC(C)C. The van der Waals surface area contributed by atoms with E-state index >= 15 is 0 Å². The molecule has 0 aliphatic carbocycles. The van der Waals surface area contributed by atoms with Crippen molar-refractivity contribution >= 4 is 0 Å². The van der Waals surface area contributed by atoms with Gasteiger partial charge < -0.3 is 19.9 Å². The van der Waals surface area contributed by atoms with Crippen LogP contribution >= 0.6 is 0 Å². The minimum absolute atomic E-state index is 0.259. The summed E-state index contributed by atoms with van der Waals surface area (Å²) < 4.78 is 11.4. The molecule has 1 unspecified atom stereocenters. The molecule has 1 atom stereocenters. The largest absolute Gasteiger partial charge is 0.490 e. The zero-order valence-electron chi connectivity index (χ0n) is 13.5. The highest BCUT2D eigenvalue weighted by Gasteiger charge is 2.09. The molecule has 1 aromatic rings. The van der Waals surface area contributed by atoms with Gasteiger partial charge in [0.05, 0.1) is 6.61 Å². The minimum Gasteiger partial charge on any atom is -0.490 e. The fourth-order valence-corrected chi connectivity index (χ4v) is 1.84. The fourth-order valence-electron chi connectivity index (χ4n) is 1.84. The maximum Gasteiger partial charge on any atom is 0.161 e. The average Bonchev–Trinajstić information content (AvgIpc) is 2.48. The number of para-hydroxylation sites is 2. The molecule has 2 N–H and O–H groups in total. The van der Waals surface area contributed by atoms with E-state index in [9.17, 15) is 5.11 Å². The predicted molar refractivity (Wildman–Crippen MR) is 86.1 cm³/mol. The molecule has 4 heteroatoms. The summed E-state index contributed by atoms with van der Waals surface area (Å²) in [4.78, 5) is 0. The van der Waals surface area contributed by atoms with Gasteiger partial charge in [0, 0.05) is 12.6 Å². The van der Waals surface area contributed by atoms with Crippen LogP contribution in [0.1, 0.15) is 40.0 Å². The lowest BCUT2D eigenvalue weighted by molar-refractivity contribution is 0.102. The van der Waals surface area contributed by atoms with Crippen molar-refractivity contribution in [2.45, 2.75) is 52.2 Å². The summed E-state index contributed by atoms with van der Waals surface area (Å²) in [6.45, 7) is 7.75. The molecule has 0 aliphatic heterocycles. The van der Waals surface area contributed by atoms with Gasteiger partial charge in [-0.3, -0.25) is 0 Å². The number of nitrogens with one attached hydrogen (secondary N) is 1. The first-order chi connectivity index (χ1) is 10.1. The molecule has 4 nitrogen and oxygen atoms in total. The first-order valence-electron chi connectivity index (χ1n) is 7.89. The number of aliphatic hydroxyl groups is 1. The molecule has 0 saturated heterocycles. The van der Waals surface area contributed by atoms with Crippen LogP contribution in [0.2, 0.25) is 0 Å². The third kappa shape index (κ3) is 7.93. The summed E-state index contributed by atoms with van der Waals surface area (Å²) in [7, 11) is 0. The maximum absolute atomic E-state index is 9.87. The second kappa shape index (κ2) is 10.5. The Morgan fingerprint density at radius 1 is 1.10 bits per heavy atom. The predicted octanol–water partition coefficient (Wildman–Crippen LogP) is 2.99. The van der Waals surface area contributed by atoms with E-state index in [4.69, 9.17) is 9.47 Å². The first kappa shape index (κ1) is 17.8. The number of benzene rings is 1. The molecule has 0 spiro atoms. The van der Waals surface area contributed by atoms with E-state index in [1.165, 1.54) is 12.8 Å². The summed E-state index contributed by atoms with van der Waals surface area (Å²) in [5, 5.41) is 13.1. The van der Waals surface area contributed by atoms with Gasteiger partial charge in [-0.2, -0.15) is 0 Å². The Morgan fingerprint density at radius 3 is 2.38 bits per heavy atom. The Kier molecular flexibility index (Phi) is 8.87. The zero-order chi connectivity index (χ0) is 15.5. The van der Waals surface area contributed by atoms with Crippen molar-refractivity contribution in [3.63, 3.8) is 0 Å². The second-order valence-corrected chi connectivity index (χ2v) is 5.53. The van der Waals surface area contributed by atoms with E-state index in [0.29, 0.717) is 24.9 Å². The number of rotatable bonds is 11. The molecule has 0 saturated carbocycles. The Hall–Kier alpha value is -1.26. The minimum atomic E-state index is -0.527. The lowest BCUT2D eigenvalue weighted by Gasteiger charge is -2.17. The van der Waals surface area contributed by atoms with Crippen LogP contribution in [0.5, 0.6) is 11.5 Å². The van der Waals surface area contributed by atoms with Gasteiger partial charge in [0.15, 0.2) is 11.5 Å². The molecule has 0 bridgehead atoms. The third-order valence-electron chi connectivity index (χ3n) is 3.05. The summed E-state index contributed by atoms with van der Waals surface area (Å²) in [6.07, 6.45) is 2.87. The van der Waals surface area contributed by atoms with E-state index in [1.54, 1.807) is 0 Å². The first-order valence-corrected chi connectivity index (χ1v) is 7.89. The summed E-state index contributed by atoms with van der Waals surface area (Å²) in [5.41, 5.74) is 0. The normalized spacial score (nSPS) is 12.4. The Bertz CT molecular complexity index is 382. The molecule has 120 valence electrons. The quantitative estimate of drug-likeness (QED) is 0.616. The van der Waals surface area contributed by atoms with Crippen molar-refractivity contribution in [2.24, 2.45) is 0 Å². The zero-order valence-corrected chi connectivity index (χ0v) is 13.5. The van der Waals surface area contributed by atoms with Crippen LogP contribution in [-0.4, -0.2) is 37.0 Å². The van der Waals surface area contributed by atoms with Crippen LogP contribution in [0.25, 0.3) is 0 Å². The highest BCUT2D eigenvalue weighted by molar-refractivity contribution is 5.39. The topological polar surface area (TPSA) is 50.7 Å². The molecule has 0 amide bonds. The van der Waals surface area contributed by atoms with Crippen LogP contribution < -0.4 is 14.8 Å². The van der Waals surface area contributed by atoms with Crippen LogP contribution in [0.4, 0.5) is 0 Å². The third-order valence-corrected chi connectivity index (χ3v) is 3.05. The van der Waals surface area contributed by atoms with Gasteiger partial charge in [-0.15, -0.1) is 0 Å². The number of hydrogen-bond acceptors (Lipinski definition) is 4. The molecular formula is C17H29NO3. The molecule has 0 radical (unpaired) electrons. The highest BCUT2D eigenvalue weighted by atomic mass is 16.5. The number of unbranched alkanes of at least 4 members (excludes halogenated alkanes) is 2. The monoisotopic (exact) mass is 295 g/mol. The van der Waals surface area contributed by atoms with Crippen LogP contribution in [0.15, 0.2) is 24.3 Å². The van der Waals surface area contributed by atoms with Crippen LogP contribution in [-0.2, 0) is 0 Å². The molecular weight excluding hydrogens is 266 g/mol. The van der Waals surface area contributed by atoms with Crippen molar-refractivity contribution in [2.75, 3.05) is 19.8 Å². The van der Waals surface area contributed by atoms with E-state index in [0.717, 1.165) is 12.2 Å². The van der Waals surface area contributed by atoms with Crippen molar-refractivity contribution in [3.05, 3.63) is 24.3 Å². The van der Waals surface area contributed by atoms with Gasteiger partial charge in [-0.1, -0.05) is 45.7 Å². The maximum atomic E-state index is 9.87. The summed E-state index contributed by atoms with van der Waals surface area (Å²) >= 11 is 0. The lowest BCUT2D eigenvalue weighted by atomic mass is 10.2. The molecule has 1 aromatic carbocycles. The standard InChI is InChI=1S/C17H29NO3/c1-4-5-8-11-20-16-9-6-7-10-17(16)21-13-15(19)12-18-14(2)3/h6-7,9-10,14-15,18-19H,4-5,8,11-13H2,1-3H3. The number of aliphatic hydroxyl groups excluding tert-OH is 1. The van der Waals surface area contributed by atoms with Crippen molar-refractivity contribution in [1.29, 1.82) is 0 Å². The summed E-state index contributed by atoms with van der Waals surface area (Å²) in [5.74, 6) is 1.44. The molecule has 21 heavy (non-hydrogen) atoms.